The van der Waals surface area contributed by atoms with Crippen molar-refractivity contribution in [2.24, 2.45) is 0 Å². The van der Waals surface area contributed by atoms with Gasteiger partial charge in [-0.15, -0.1) is 0 Å². The lowest BCUT2D eigenvalue weighted by Crippen LogP contribution is -2.49. The first kappa shape index (κ1) is 19.2. The van der Waals surface area contributed by atoms with E-state index < -0.39 is 0 Å². The Morgan fingerprint density at radius 2 is 1.76 bits per heavy atom. The Morgan fingerprint density at radius 1 is 1.00 bits per heavy atom. The molecule has 0 spiro atoms. The Labute approximate surface area is 170 Å². The number of hydrogen-bond donors (Lipinski definition) is 2. The summed E-state index contributed by atoms with van der Waals surface area (Å²) < 4.78 is 0. The molecule has 0 unspecified atom stereocenters. The van der Waals surface area contributed by atoms with Gasteiger partial charge in [-0.1, -0.05) is 6.07 Å². The van der Waals surface area contributed by atoms with Crippen molar-refractivity contribution in [2.75, 3.05) is 42.9 Å². The van der Waals surface area contributed by atoms with Crippen LogP contribution in [0.5, 0.6) is 0 Å². The molecule has 1 fully saturated rings. The molecule has 1 aromatic carbocycles. The molecule has 2 aliphatic rings. The second kappa shape index (κ2) is 8.89. The van der Waals surface area contributed by atoms with Crippen LogP contribution in [-0.4, -0.2) is 59.5 Å². The van der Waals surface area contributed by atoms with E-state index in [2.05, 4.69) is 31.6 Å². The standard InChI is InChI=1S/C21H26N6O2/c28-19(26-11-13-27(14-12-26)20-22-8-2-9-23-20)7-10-24-21(29)25-18-6-5-16-3-1-4-17(16)15-18/h2,5-6,8-9,15H,1,3-4,7,10-14H2,(H2,24,25,29). The minimum absolute atomic E-state index is 0.0523. The average molecular weight is 394 g/mol. The highest BCUT2D eigenvalue weighted by molar-refractivity contribution is 5.89. The van der Waals surface area contributed by atoms with Crippen molar-refractivity contribution in [3.8, 4) is 0 Å². The van der Waals surface area contributed by atoms with Gasteiger partial charge in [0.1, 0.15) is 0 Å². The molecular formula is C21H26N6O2. The van der Waals surface area contributed by atoms with E-state index in [1.54, 1.807) is 18.5 Å². The largest absolute Gasteiger partial charge is 0.339 e. The van der Waals surface area contributed by atoms with E-state index in [1.807, 2.05) is 17.0 Å². The van der Waals surface area contributed by atoms with Crippen LogP contribution in [0.25, 0.3) is 0 Å². The molecule has 0 radical (unpaired) electrons. The fraction of sp³-hybridized carbons (Fsp3) is 0.429. The summed E-state index contributed by atoms with van der Waals surface area (Å²) in [4.78, 5) is 36.9. The van der Waals surface area contributed by atoms with Crippen LogP contribution >= 0.6 is 0 Å². The number of piperazine rings is 1. The first-order valence-corrected chi connectivity index (χ1v) is 10.2. The van der Waals surface area contributed by atoms with Crippen LogP contribution < -0.4 is 15.5 Å². The van der Waals surface area contributed by atoms with E-state index in [1.165, 1.54) is 17.5 Å². The molecule has 0 atom stereocenters. The van der Waals surface area contributed by atoms with E-state index in [4.69, 9.17) is 0 Å². The lowest BCUT2D eigenvalue weighted by Gasteiger charge is -2.34. The number of fused-ring (bicyclic) bond motifs is 1. The van der Waals surface area contributed by atoms with Crippen LogP contribution in [-0.2, 0) is 17.6 Å². The highest BCUT2D eigenvalue weighted by Crippen LogP contribution is 2.24. The maximum Gasteiger partial charge on any atom is 0.319 e. The summed E-state index contributed by atoms with van der Waals surface area (Å²) >= 11 is 0. The molecule has 3 amide bonds. The van der Waals surface area contributed by atoms with Gasteiger partial charge in [0.05, 0.1) is 0 Å². The second-order valence-electron chi connectivity index (χ2n) is 7.38. The topological polar surface area (TPSA) is 90.5 Å². The lowest BCUT2D eigenvalue weighted by atomic mass is 10.1. The molecule has 1 saturated heterocycles. The molecule has 2 N–H and O–H groups in total. The fourth-order valence-electron chi connectivity index (χ4n) is 3.88. The summed E-state index contributed by atoms with van der Waals surface area (Å²) in [5.74, 6) is 0.751. The Kier molecular flexibility index (Phi) is 5.88. The fourth-order valence-corrected chi connectivity index (χ4v) is 3.88. The van der Waals surface area contributed by atoms with Gasteiger partial charge in [-0.2, -0.15) is 0 Å². The van der Waals surface area contributed by atoms with Crippen LogP contribution in [0.1, 0.15) is 24.0 Å². The van der Waals surface area contributed by atoms with Crippen LogP contribution in [0.4, 0.5) is 16.4 Å². The molecule has 8 nitrogen and oxygen atoms in total. The molecule has 152 valence electrons. The van der Waals surface area contributed by atoms with Crippen molar-refractivity contribution >= 4 is 23.6 Å². The molecule has 0 bridgehead atoms. The third-order valence-corrected chi connectivity index (χ3v) is 5.45. The van der Waals surface area contributed by atoms with E-state index in [0.717, 1.165) is 18.5 Å². The van der Waals surface area contributed by atoms with E-state index in [9.17, 15) is 9.59 Å². The van der Waals surface area contributed by atoms with Crippen molar-refractivity contribution in [3.63, 3.8) is 0 Å². The Hall–Kier alpha value is -3.16. The molecule has 8 heteroatoms. The number of benzene rings is 1. The molecule has 2 heterocycles. The molecule has 0 saturated carbocycles. The molecule has 1 aliphatic carbocycles. The summed E-state index contributed by atoms with van der Waals surface area (Å²) in [5, 5.41) is 5.63. The van der Waals surface area contributed by atoms with Crippen LogP contribution in [0.2, 0.25) is 0 Å². The van der Waals surface area contributed by atoms with Crippen molar-refractivity contribution in [2.45, 2.75) is 25.7 Å². The number of nitrogens with zero attached hydrogens (tertiary/aromatic N) is 4. The average Bonchev–Trinajstić information content (AvgIpc) is 3.22. The molecular weight excluding hydrogens is 368 g/mol. The first-order chi connectivity index (χ1) is 14.2. The van der Waals surface area contributed by atoms with Crippen LogP contribution in [0.3, 0.4) is 0 Å². The number of anilines is 2. The number of hydrogen-bond acceptors (Lipinski definition) is 5. The zero-order chi connectivity index (χ0) is 20.1. The van der Waals surface area contributed by atoms with Gasteiger partial charge >= 0.3 is 6.03 Å². The van der Waals surface area contributed by atoms with Gasteiger partial charge in [-0.25, -0.2) is 14.8 Å². The van der Waals surface area contributed by atoms with Crippen LogP contribution in [0, 0.1) is 0 Å². The number of rotatable bonds is 5. The van der Waals surface area contributed by atoms with Crippen molar-refractivity contribution in [3.05, 3.63) is 47.8 Å². The maximum atomic E-state index is 12.4. The molecule has 4 rings (SSSR count). The van der Waals surface area contributed by atoms with Crippen molar-refractivity contribution in [1.82, 2.24) is 20.2 Å². The van der Waals surface area contributed by atoms with E-state index >= 15 is 0 Å². The van der Waals surface area contributed by atoms with E-state index in [0.29, 0.717) is 45.1 Å². The minimum Gasteiger partial charge on any atom is -0.339 e. The highest BCUT2D eigenvalue weighted by Gasteiger charge is 2.22. The van der Waals surface area contributed by atoms with Gasteiger partial charge in [0.25, 0.3) is 0 Å². The first-order valence-electron chi connectivity index (χ1n) is 10.2. The molecule has 1 aliphatic heterocycles. The summed E-state index contributed by atoms with van der Waals surface area (Å²) in [6.07, 6.45) is 7.11. The maximum absolute atomic E-state index is 12.4. The van der Waals surface area contributed by atoms with Gasteiger partial charge in [-0.3, -0.25) is 4.79 Å². The number of aryl methyl sites for hydroxylation is 2. The molecule has 2 aromatic rings. The monoisotopic (exact) mass is 394 g/mol. The second-order valence-corrected chi connectivity index (χ2v) is 7.38. The third kappa shape index (κ3) is 4.82. The summed E-state index contributed by atoms with van der Waals surface area (Å²) in [5.41, 5.74) is 3.49. The zero-order valence-corrected chi connectivity index (χ0v) is 16.4. The van der Waals surface area contributed by atoms with Gasteiger partial charge < -0.3 is 20.4 Å². The Morgan fingerprint density at radius 3 is 2.55 bits per heavy atom. The van der Waals surface area contributed by atoms with Crippen molar-refractivity contribution < 1.29 is 9.59 Å². The van der Waals surface area contributed by atoms with Gasteiger partial charge in [0.2, 0.25) is 11.9 Å². The Bertz CT molecular complexity index is 865. The predicted molar refractivity (Wildman–Crippen MR) is 111 cm³/mol. The number of aromatic nitrogens is 2. The van der Waals surface area contributed by atoms with Gasteiger partial charge in [-0.05, 0) is 48.6 Å². The number of urea groups is 1. The normalized spacial score (nSPS) is 15.7. The third-order valence-electron chi connectivity index (χ3n) is 5.45. The SMILES string of the molecule is O=C(NCCC(=O)N1CCN(c2ncccn2)CC1)Nc1ccc2c(c1)CCC2. The number of nitrogens with one attached hydrogen (secondary N) is 2. The number of amides is 3. The van der Waals surface area contributed by atoms with Crippen molar-refractivity contribution in [1.29, 1.82) is 0 Å². The molecule has 29 heavy (non-hydrogen) atoms. The smallest absolute Gasteiger partial charge is 0.319 e. The number of carbonyl (C=O) groups excluding carboxylic acids is 2. The quantitative estimate of drug-likeness (QED) is 0.807. The number of carbonyl (C=O) groups is 2. The van der Waals surface area contributed by atoms with Gasteiger partial charge in [0.15, 0.2) is 0 Å². The van der Waals surface area contributed by atoms with Crippen LogP contribution in [0.15, 0.2) is 36.7 Å². The molecule has 1 aromatic heterocycles. The zero-order valence-electron chi connectivity index (χ0n) is 16.4. The minimum atomic E-state index is -0.276. The lowest BCUT2D eigenvalue weighted by molar-refractivity contribution is -0.131. The summed E-state index contributed by atoms with van der Waals surface area (Å²) in [6, 6.07) is 7.58. The summed E-state index contributed by atoms with van der Waals surface area (Å²) in [7, 11) is 0. The Balaban J connectivity index is 1.17. The summed E-state index contributed by atoms with van der Waals surface area (Å²) in [6.45, 7) is 3.01. The van der Waals surface area contributed by atoms with Gasteiger partial charge in [0, 0.05) is 57.2 Å². The predicted octanol–water partition coefficient (Wildman–Crippen LogP) is 1.83. The highest BCUT2D eigenvalue weighted by atomic mass is 16.2. The van der Waals surface area contributed by atoms with E-state index in [-0.39, 0.29) is 11.9 Å².